The molecule has 6 nitrogen and oxygen atoms in total. The molecule has 0 radical (unpaired) electrons. The van der Waals surface area contributed by atoms with Crippen LogP contribution in [-0.4, -0.2) is 45.0 Å². The zero-order valence-corrected chi connectivity index (χ0v) is 15.1. The van der Waals surface area contributed by atoms with Gasteiger partial charge in [-0.05, 0) is 30.0 Å². The van der Waals surface area contributed by atoms with Crippen LogP contribution in [0.15, 0.2) is 34.4 Å². The first-order valence-corrected chi connectivity index (χ1v) is 8.17. The van der Waals surface area contributed by atoms with Crippen molar-refractivity contribution in [3.63, 3.8) is 0 Å². The molecule has 0 saturated carbocycles. The summed E-state index contributed by atoms with van der Waals surface area (Å²) >= 11 is 5.57. The number of nitrogens with zero attached hydrogens (tertiary/aromatic N) is 1. The van der Waals surface area contributed by atoms with Crippen LogP contribution in [0.4, 0.5) is 18.9 Å². The van der Waals surface area contributed by atoms with E-state index in [2.05, 4.69) is 4.74 Å². The largest absolute Gasteiger partial charge is 0.466 e. The van der Waals surface area contributed by atoms with Crippen molar-refractivity contribution in [2.24, 2.45) is 0 Å². The summed E-state index contributed by atoms with van der Waals surface area (Å²) in [6.45, 7) is -0.309. The van der Waals surface area contributed by atoms with Crippen LogP contribution in [0, 0.1) is 0 Å². The van der Waals surface area contributed by atoms with E-state index in [1.165, 1.54) is 17.0 Å². The first-order chi connectivity index (χ1) is 12.2. The molecule has 26 heavy (non-hydrogen) atoms. The Kier molecular flexibility index (Phi) is 6.43. The number of carbonyl (C=O) groups excluding carboxylic acids is 2. The Bertz CT molecular complexity index is 753. The zero-order chi connectivity index (χ0) is 19.5. The summed E-state index contributed by atoms with van der Waals surface area (Å²) in [5.74, 6) is -1.61. The molecule has 0 aromatic heterocycles. The minimum Gasteiger partial charge on any atom is -0.466 e. The maximum absolute atomic E-state index is 12.5. The molecule has 0 N–H and O–H groups in total. The summed E-state index contributed by atoms with van der Waals surface area (Å²) in [5.41, 5.74) is -4.44. The maximum atomic E-state index is 12.5. The van der Waals surface area contributed by atoms with E-state index in [4.69, 9.17) is 21.1 Å². The molecule has 0 atom stereocenters. The van der Waals surface area contributed by atoms with Crippen molar-refractivity contribution in [3.05, 3.63) is 34.5 Å². The Labute approximate surface area is 155 Å². The Morgan fingerprint density at radius 1 is 1.23 bits per heavy atom. The van der Waals surface area contributed by atoms with Crippen molar-refractivity contribution in [1.29, 1.82) is 0 Å². The number of hydrogen-bond donors (Lipinski definition) is 0. The number of alkyl halides is 3. The van der Waals surface area contributed by atoms with Gasteiger partial charge >= 0.3 is 17.4 Å². The summed E-state index contributed by atoms with van der Waals surface area (Å²) in [5, 5.41) is -0.167. The van der Waals surface area contributed by atoms with Crippen LogP contribution >= 0.6 is 23.4 Å². The van der Waals surface area contributed by atoms with Gasteiger partial charge in [0.2, 0.25) is 0 Å². The molecule has 2 rings (SSSR count). The van der Waals surface area contributed by atoms with Crippen molar-refractivity contribution in [2.75, 3.05) is 32.5 Å². The number of thioether (sulfide) groups is 1. The summed E-state index contributed by atoms with van der Waals surface area (Å²) in [7, 11) is 2.27. The van der Waals surface area contributed by atoms with Gasteiger partial charge in [-0.25, -0.2) is 9.59 Å². The summed E-state index contributed by atoms with van der Waals surface area (Å²) in [6, 6.07) is 3.73. The standard InChI is InChI=1S/C15H13ClF3NO5S/c1-23-13(21)9-6-25-7-20(12(9)14(22)24-2)8-3-4-11(10(16)5-8)26-15(17,18)19/h3-5H,6-7H2,1-2H3. The fraction of sp³-hybridized carbons (Fsp3) is 0.333. The van der Waals surface area contributed by atoms with Crippen molar-refractivity contribution < 1.29 is 37.0 Å². The highest BCUT2D eigenvalue weighted by molar-refractivity contribution is 8.00. The van der Waals surface area contributed by atoms with E-state index < -0.39 is 17.4 Å². The monoisotopic (exact) mass is 411 g/mol. The molecular weight excluding hydrogens is 399 g/mol. The Hall–Kier alpha value is -1.91. The van der Waals surface area contributed by atoms with Crippen LogP contribution in [0.1, 0.15) is 0 Å². The van der Waals surface area contributed by atoms with E-state index in [1.54, 1.807) is 0 Å². The van der Waals surface area contributed by atoms with Gasteiger partial charge in [-0.15, -0.1) is 0 Å². The highest BCUT2D eigenvalue weighted by Gasteiger charge is 2.34. The van der Waals surface area contributed by atoms with E-state index in [-0.39, 0.29) is 52.0 Å². The fourth-order valence-corrected chi connectivity index (χ4v) is 3.04. The molecule has 11 heteroatoms. The number of methoxy groups -OCH3 is 2. The SMILES string of the molecule is COC(=O)C1=C(C(=O)OC)N(c2ccc(SC(F)(F)F)c(Cl)c2)COC1. The molecule has 0 amide bonds. The third kappa shape index (κ3) is 4.63. The van der Waals surface area contributed by atoms with Gasteiger partial charge in [0.25, 0.3) is 0 Å². The van der Waals surface area contributed by atoms with E-state index >= 15 is 0 Å². The molecule has 0 bridgehead atoms. The van der Waals surface area contributed by atoms with Gasteiger partial charge in [0.05, 0.1) is 31.4 Å². The molecule has 142 valence electrons. The Balaban J connectivity index is 2.46. The molecule has 0 spiro atoms. The number of ether oxygens (including phenoxy) is 3. The van der Waals surface area contributed by atoms with Crippen molar-refractivity contribution in [1.82, 2.24) is 0 Å². The molecule has 0 saturated heterocycles. The fourth-order valence-electron chi connectivity index (χ4n) is 2.21. The van der Waals surface area contributed by atoms with Crippen molar-refractivity contribution in [2.45, 2.75) is 10.4 Å². The first kappa shape index (κ1) is 20.4. The minimum absolute atomic E-state index is 0.0736. The van der Waals surface area contributed by atoms with E-state index in [0.717, 1.165) is 20.3 Å². The predicted molar refractivity (Wildman–Crippen MR) is 87.7 cm³/mol. The number of carbonyl (C=O) groups is 2. The van der Waals surface area contributed by atoms with E-state index in [0.29, 0.717) is 0 Å². The van der Waals surface area contributed by atoms with Crippen molar-refractivity contribution >= 4 is 41.0 Å². The normalized spacial score (nSPS) is 15.1. The number of halogens is 4. The lowest BCUT2D eigenvalue weighted by Gasteiger charge is -2.31. The molecular formula is C15H13ClF3NO5S. The third-order valence-electron chi connectivity index (χ3n) is 3.29. The van der Waals surface area contributed by atoms with E-state index in [9.17, 15) is 22.8 Å². The lowest BCUT2D eigenvalue weighted by atomic mass is 10.1. The van der Waals surface area contributed by atoms with Crippen LogP contribution in [0.5, 0.6) is 0 Å². The number of hydrogen-bond acceptors (Lipinski definition) is 7. The first-order valence-electron chi connectivity index (χ1n) is 6.98. The number of anilines is 1. The maximum Gasteiger partial charge on any atom is 0.446 e. The Morgan fingerprint density at radius 3 is 2.42 bits per heavy atom. The number of esters is 2. The second kappa shape index (κ2) is 8.19. The minimum atomic E-state index is -4.49. The van der Waals surface area contributed by atoms with Crippen LogP contribution in [0.25, 0.3) is 0 Å². The molecule has 1 heterocycles. The third-order valence-corrected chi connectivity index (χ3v) is 4.52. The zero-order valence-electron chi connectivity index (χ0n) is 13.6. The molecule has 1 aliphatic rings. The molecule has 1 aromatic rings. The van der Waals surface area contributed by atoms with Gasteiger partial charge in [0.15, 0.2) is 0 Å². The van der Waals surface area contributed by atoms with Gasteiger partial charge < -0.3 is 19.1 Å². The van der Waals surface area contributed by atoms with Gasteiger partial charge in [0.1, 0.15) is 12.4 Å². The highest BCUT2D eigenvalue weighted by Crippen LogP contribution is 2.42. The number of rotatable bonds is 4. The predicted octanol–water partition coefficient (Wildman–Crippen LogP) is 3.35. The van der Waals surface area contributed by atoms with Crippen LogP contribution in [-0.2, 0) is 23.8 Å². The van der Waals surface area contributed by atoms with Gasteiger partial charge in [0, 0.05) is 10.6 Å². The average molecular weight is 412 g/mol. The summed E-state index contributed by atoms with van der Waals surface area (Å²) in [4.78, 5) is 25.1. The quantitative estimate of drug-likeness (QED) is 0.556. The molecule has 0 unspecified atom stereocenters. The topological polar surface area (TPSA) is 65.1 Å². The summed E-state index contributed by atoms with van der Waals surface area (Å²) in [6.07, 6.45) is 0. The molecule has 1 aliphatic heterocycles. The second-order valence-electron chi connectivity index (χ2n) is 4.88. The smallest absolute Gasteiger partial charge is 0.446 e. The van der Waals surface area contributed by atoms with Crippen LogP contribution in [0.2, 0.25) is 5.02 Å². The highest BCUT2D eigenvalue weighted by atomic mass is 35.5. The van der Waals surface area contributed by atoms with Crippen molar-refractivity contribution in [3.8, 4) is 0 Å². The lowest BCUT2D eigenvalue weighted by molar-refractivity contribution is -0.140. The van der Waals surface area contributed by atoms with Crippen LogP contribution < -0.4 is 4.90 Å². The molecule has 0 aliphatic carbocycles. The van der Waals surface area contributed by atoms with Gasteiger partial charge in [-0.2, -0.15) is 13.2 Å². The number of benzene rings is 1. The van der Waals surface area contributed by atoms with Gasteiger partial charge in [-0.1, -0.05) is 11.6 Å². The van der Waals surface area contributed by atoms with Crippen LogP contribution in [0.3, 0.4) is 0 Å². The average Bonchev–Trinajstić information content (AvgIpc) is 2.60. The van der Waals surface area contributed by atoms with Gasteiger partial charge in [-0.3, -0.25) is 0 Å². The molecule has 0 fully saturated rings. The summed E-state index contributed by atoms with van der Waals surface area (Å²) < 4.78 is 52.2. The molecule has 1 aromatic carbocycles. The Morgan fingerprint density at radius 2 is 1.88 bits per heavy atom. The lowest BCUT2D eigenvalue weighted by Crippen LogP contribution is -2.38. The van der Waals surface area contributed by atoms with E-state index in [1.807, 2.05) is 0 Å². The second-order valence-corrected chi connectivity index (χ2v) is 6.39.